The number of benzene rings is 1. The number of hydrogen-bond acceptors (Lipinski definition) is 4. The molecule has 0 saturated carbocycles. The molecule has 0 atom stereocenters. The third-order valence-corrected chi connectivity index (χ3v) is 5.83. The monoisotopic (exact) mass is 304 g/mol. The van der Waals surface area contributed by atoms with Crippen LogP contribution in [0.2, 0.25) is 0 Å². The van der Waals surface area contributed by atoms with Gasteiger partial charge in [-0.3, -0.25) is 0 Å². The predicted molar refractivity (Wildman–Crippen MR) is 75.2 cm³/mol. The Hall–Kier alpha value is -0.630. The van der Waals surface area contributed by atoms with E-state index in [2.05, 4.69) is 5.32 Å². The number of halogens is 1. The predicted octanol–water partition coefficient (Wildman–Crippen LogP) is 1.28. The molecule has 19 heavy (non-hydrogen) atoms. The van der Waals surface area contributed by atoms with Crippen molar-refractivity contribution in [3.63, 3.8) is 0 Å². The van der Waals surface area contributed by atoms with Gasteiger partial charge in [-0.1, -0.05) is 0 Å². The van der Waals surface area contributed by atoms with Crippen LogP contribution in [0.4, 0.5) is 4.39 Å². The third kappa shape index (κ3) is 3.28. The van der Waals surface area contributed by atoms with Gasteiger partial charge in [0.15, 0.2) is 0 Å². The van der Waals surface area contributed by atoms with E-state index < -0.39 is 10.0 Å². The Labute approximate surface area is 117 Å². The second-order valence-corrected chi connectivity index (χ2v) is 7.46. The second kappa shape index (κ2) is 6.21. The highest BCUT2D eigenvalue weighted by atomic mass is 32.2. The molecule has 0 amide bonds. The number of hydrogen-bond donors (Lipinski definition) is 1. The lowest BCUT2D eigenvalue weighted by Crippen LogP contribution is -2.37. The van der Waals surface area contributed by atoms with Gasteiger partial charge in [0, 0.05) is 36.7 Å². The molecule has 1 aromatic carbocycles. The van der Waals surface area contributed by atoms with Gasteiger partial charge >= 0.3 is 0 Å². The molecule has 1 fully saturated rings. The van der Waals surface area contributed by atoms with Crippen molar-refractivity contribution in [3.05, 3.63) is 29.6 Å². The highest BCUT2D eigenvalue weighted by molar-refractivity contribution is 7.99. The molecule has 0 aromatic heterocycles. The standard InChI is InChI=1S/C12H17FN2O2S2/c1-14-9-10-8-11(2-3-12(10)13)19(16,17)15-4-6-18-7-5-15/h2-3,8,14H,4-7,9H2,1H3. The van der Waals surface area contributed by atoms with Crippen molar-refractivity contribution in [2.75, 3.05) is 31.6 Å². The molecule has 1 aliphatic rings. The zero-order valence-electron chi connectivity index (χ0n) is 10.7. The first-order valence-corrected chi connectivity index (χ1v) is 8.66. The summed E-state index contributed by atoms with van der Waals surface area (Å²) in [6.45, 7) is 1.35. The minimum absolute atomic E-state index is 0.172. The summed E-state index contributed by atoms with van der Waals surface area (Å²) < 4.78 is 39.9. The Balaban J connectivity index is 2.31. The van der Waals surface area contributed by atoms with Gasteiger partial charge in [0.05, 0.1) is 4.90 Å². The van der Waals surface area contributed by atoms with E-state index in [1.807, 2.05) is 0 Å². The lowest BCUT2D eigenvalue weighted by molar-refractivity contribution is 0.443. The summed E-state index contributed by atoms with van der Waals surface area (Å²) in [5, 5.41) is 2.83. The molecule has 0 unspecified atom stereocenters. The first kappa shape index (κ1) is 14.8. The molecule has 7 heteroatoms. The third-order valence-electron chi connectivity index (χ3n) is 2.99. The number of thioether (sulfide) groups is 1. The lowest BCUT2D eigenvalue weighted by Gasteiger charge is -2.25. The van der Waals surface area contributed by atoms with Gasteiger partial charge in [-0.15, -0.1) is 0 Å². The van der Waals surface area contributed by atoms with E-state index >= 15 is 0 Å². The van der Waals surface area contributed by atoms with E-state index in [0.717, 1.165) is 11.5 Å². The van der Waals surface area contributed by atoms with Crippen LogP contribution in [0.3, 0.4) is 0 Å². The molecule has 0 aliphatic carbocycles. The maximum atomic E-state index is 13.5. The van der Waals surface area contributed by atoms with Crippen molar-refractivity contribution in [1.29, 1.82) is 0 Å². The van der Waals surface area contributed by atoms with E-state index in [-0.39, 0.29) is 10.7 Å². The summed E-state index contributed by atoms with van der Waals surface area (Å²) in [6.07, 6.45) is 0. The van der Waals surface area contributed by atoms with Crippen LogP contribution >= 0.6 is 11.8 Å². The van der Waals surface area contributed by atoms with Crippen molar-refractivity contribution in [3.8, 4) is 0 Å². The van der Waals surface area contributed by atoms with Gasteiger partial charge < -0.3 is 5.32 Å². The van der Waals surface area contributed by atoms with E-state index in [9.17, 15) is 12.8 Å². The Morgan fingerprint density at radius 1 is 1.37 bits per heavy atom. The minimum atomic E-state index is -3.49. The van der Waals surface area contributed by atoms with Crippen molar-refractivity contribution in [2.24, 2.45) is 0 Å². The second-order valence-electron chi connectivity index (χ2n) is 4.30. The Morgan fingerprint density at radius 3 is 2.68 bits per heavy atom. The van der Waals surface area contributed by atoms with Crippen LogP contribution in [0.5, 0.6) is 0 Å². The summed E-state index contributed by atoms with van der Waals surface area (Å²) in [4.78, 5) is 0.172. The average Bonchev–Trinajstić information content (AvgIpc) is 2.42. The fourth-order valence-corrected chi connectivity index (χ4v) is 4.60. The molecule has 1 N–H and O–H groups in total. The van der Waals surface area contributed by atoms with E-state index in [1.54, 1.807) is 18.8 Å². The number of nitrogens with zero attached hydrogens (tertiary/aromatic N) is 1. The van der Waals surface area contributed by atoms with Gasteiger partial charge in [-0.25, -0.2) is 12.8 Å². The maximum absolute atomic E-state index is 13.5. The highest BCUT2D eigenvalue weighted by Gasteiger charge is 2.26. The Morgan fingerprint density at radius 2 is 2.05 bits per heavy atom. The fraction of sp³-hybridized carbons (Fsp3) is 0.500. The molecular weight excluding hydrogens is 287 g/mol. The van der Waals surface area contributed by atoms with Crippen LogP contribution in [0.25, 0.3) is 0 Å². The fourth-order valence-electron chi connectivity index (χ4n) is 1.97. The van der Waals surface area contributed by atoms with Gasteiger partial charge in [-0.05, 0) is 25.2 Å². The van der Waals surface area contributed by atoms with Crippen molar-refractivity contribution in [2.45, 2.75) is 11.4 Å². The van der Waals surface area contributed by atoms with Crippen LogP contribution in [0.15, 0.2) is 23.1 Å². The van der Waals surface area contributed by atoms with E-state index in [0.29, 0.717) is 25.2 Å². The molecule has 0 radical (unpaired) electrons. The molecule has 4 nitrogen and oxygen atoms in total. The largest absolute Gasteiger partial charge is 0.316 e. The normalized spacial score (nSPS) is 17.6. The topological polar surface area (TPSA) is 49.4 Å². The van der Waals surface area contributed by atoms with Gasteiger partial charge in [-0.2, -0.15) is 16.1 Å². The average molecular weight is 304 g/mol. The quantitative estimate of drug-likeness (QED) is 0.910. The van der Waals surface area contributed by atoms with Crippen molar-refractivity contribution < 1.29 is 12.8 Å². The van der Waals surface area contributed by atoms with Crippen molar-refractivity contribution >= 4 is 21.8 Å². The first-order chi connectivity index (χ1) is 9.05. The van der Waals surface area contributed by atoms with Gasteiger partial charge in [0.25, 0.3) is 0 Å². The van der Waals surface area contributed by atoms with Crippen LogP contribution < -0.4 is 5.32 Å². The molecule has 106 valence electrons. The number of sulfonamides is 1. The smallest absolute Gasteiger partial charge is 0.243 e. The Bertz CT molecular complexity index is 543. The summed E-state index contributed by atoms with van der Waals surface area (Å²) in [5.41, 5.74) is 0.370. The van der Waals surface area contributed by atoms with E-state index in [1.165, 1.54) is 22.5 Å². The minimum Gasteiger partial charge on any atom is -0.316 e. The van der Waals surface area contributed by atoms with Crippen LogP contribution in [-0.2, 0) is 16.6 Å². The maximum Gasteiger partial charge on any atom is 0.243 e. The molecule has 1 aliphatic heterocycles. The van der Waals surface area contributed by atoms with Gasteiger partial charge in [0.2, 0.25) is 10.0 Å². The molecular formula is C12H17FN2O2S2. The molecule has 1 saturated heterocycles. The Kier molecular flexibility index (Phi) is 4.83. The highest BCUT2D eigenvalue weighted by Crippen LogP contribution is 2.22. The summed E-state index contributed by atoms with van der Waals surface area (Å²) in [7, 11) is -1.80. The van der Waals surface area contributed by atoms with E-state index in [4.69, 9.17) is 0 Å². The summed E-state index contributed by atoms with van der Waals surface area (Å²) in [6, 6.07) is 3.98. The summed E-state index contributed by atoms with van der Waals surface area (Å²) >= 11 is 1.75. The SMILES string of the molecule is CNCc1cc(S(=O)(=O)N2CCSCC2)ccc1F. The van der Waals surface area contributed by atoms with Crippen LogP contribution in [0, 0.1) is 5.82 Å². The van der Waals surface area contributed by atoms with Gasteiger partial charge in [0.1, 0.15) is 5.82 Å². The molecule has 1 heterocycles. The molecule has 2 rings (SSSR count). The first-order valence-electron chi connectivity index (χ1n) is 6.06. The van der Waals surface area contributed by atoms with Crippen LogP contribution in [-0.4, -0.2) is 44.4 Å². The summed E-state index contributed by atoms with van der Waals surface area (Å²) in [5.74, 6) is 1.23. The number of nitrogens with one attached hydrogen (secondary N) is 1. The molecule has 0 bridgehead atoms. The lowest BCUT2D eigenvalue weighted by atomic mass is 10.2. The van der Waals surface area contributed by atoms with Crippen molar-refractivity contribution in [1.82, 2.24) is 9.62 Å². The number of rotatable bonds is 4. The molecule has 0 spiro atoms. The zero-order valence-corrected chi connectivity index (χ0v) is 12.4. The zero-order chi connectivity index (χ0) is 13.9. The molecule has 1 aromatic rings. The van der Waals surface area contributed by atoms with Crippen LogP contribution in [0.1, 0.15) is 5.56 Å².